The fourth-order valence-corrected chi connectivity index (χ4v) is 5.59. The molecule has 1 saturated heterocycles. The highest BCUT2D eigenvalue weighted by molar-refractivity contribution is 7.91. The Morgan fingerprint density at radius 3 is 2.80 bits per heavy atom. The fraction of sp³-hybridized carbons (Fsp3) is 0.692. The molecule has 0 bridgehead atoms. The van der Waals surface area contributed by atoms with Gasteiger partial charge in [-0.05, 0) is 39.4 Å². The molecule has 0 aromatic carbocycles. The molecule has 7 heteroatoms. The molecule has 2 rings (SSSR count). The van der Waals surface area contributed by atoms with E-state index in [2.05, 4.69) is 5.32 Å². The largest absolute Gasteiger partial charge is 0.373 e. The summed E-state index contributed by atoms with van der Waals surface area (Å²) in [6.07, 6.45) is 0. The monoisotopic (exact) mass is 318 g/mol. The van der Waals surface area contributed by atoms with Gasteiger partial charge in [-0.25, -0.2) is 8.42 Å². The summed E-state index contributed by atoms with van der Waals surface area (Å²) >= 11 is 1.35. The van der Waals surface area contributed by atoms with Crippen molar-refractivity contribution in [2.75, 3.05) is 26.7 Å². The summed E-state index contributed by atoms with van der Waals surface area (Å²) < 4.78 is 33.0. The van der Waals surface area contributed by atoms with E-state index < -0.39 is 15.6 Å². The van der Waals surface area contributed by atoms with Gasteiger partial charge < -0.3 is 10.1 Å². The first kappa shape index (κ1) is 15.9. The quantitative estimate of drug-likeness (QED) is 0.915. The Morgan fingerprint density at radius 2 is 2.20 bits per heavy atom. The summed E-state index contributed by atoms with van der Waals surface area (Å²) in [6, 6.07) is 1.77. The minimum Gasteiger partial charge on any atom is -0.373 e. The molecule has 0 amide bonds. The molecule has 2 heterocycles. The van der Waals surface area contributed by atoms with Gasteiger partial charge in [0.1, 0.15) is 4.21 Å². The van der Waals surface area contributed by atoms with Crippen LogP contribution in [0.15, 0.2) is 10.3 Å². The van der Waals surface area contributed by atoms with E-state index in [4.69, 9.17) is 4.74 Å². The third-order valence-corrected chi connectivity index (χ3v) is 6.85. The normalized spacial score (nSPS) is 20.2. The van der Waals surface area contributed by atoms with Crippen molar-refractivity contribution < 1.29 is 13.2 Å². The van der Waals surface area contributed by atoms with E-state index in [1.165, 1.54) is 15.6 Å². The van der Waals surface area contributed by atoms with E-state index in [9.17, 15) is 8.42 Å². The number of nitrogens with zero attached hydrogens (tertiary/aromatic N) is 1. The predicted molar refractivity (Wildman–Crippen MR) is 80.6 cm³/mol. The highest BCUT2D eigenvalue weighted by Crippen LogP contribution is 2.30. The van der Waals surface area contributed by atoms with E-state index in [1.54, 1.807) is 6.07 Å². The SMILES string of the molecule is CNCc1sc(S(=O)(=O)N2CCOC(C)(C)C2)cc1C. The minimum absolute atomic E-state index is 0.396. The van der Waals surface area contributed by atoms with Gasteiger partial charge in [-0.3, -0.25) is 0 Å². The lowest BCUT2D eigenvalue weighted by Gasteiger charge is -2.37. The van der Waals surface area contributed by atoms with Gasteiger partial charge in [0.25, 0.3) is 10.0 Å². The van der Waals surface area contributed by atoms with E-state index >= 15 is 0 Å². The van der Waals surface area contributed by atoms with Gasteiger partial charge in [-0.2, -0.15) is 4.31 Å². The van der Waals surface area contributed by atoms with Crippen LogP contribution in [0, 0.1) is 6.92 Å². The molecular weight excluding hydrogens is 296 g/mol. The van der Waals surface area contributed by atoms with Crippen LogP contribution < -0.4 is 5.32 Å². The van der Waals surface area contributed by atoms with E-state index in [-0.39, 0.29) is 0 Å². The number of morpholine rings is 1. The van der Waals surface area contributed by atoms with Crippen molar-refractivity contribution in [2.45, 2.75) is 37.1 Å². The Kier molecular flexibility index (Phi) is 4.56. The smallest absolute Gasteiger partial charge is 0.252 e. The molecule has 0 spiro atoms. The van der Waals surface area contributed by atoms with Gasteiger partial charge in [-0.1, -0.05) is 0 Å². The molecule has 20 heavy (non-hydrogen) atoms. The molecule has 1 aliphatic rings. The van der Waals surface area contributed by atoms with Crippen LogP contribution in [0.25, 0.3) is 0 Å². The van der Waals surface area contributed by atoms with E-state index in [0.717, 1.165) is 10.4 Å². The molecule has 1 aromatic rings. The van der Waals surface area contributed by atoms with Gasteiger partial charge in [0.15, 0.2) is 0 Å². The highest BCUT2D eigenvalue weighted by atomic mass is 32.2. The Hall–Kier alpha value is -0.470. The topological polar surface area (TPSA) is 58.6 Å². The minimum atomic E-state index is -3.41. The fourth-order valence-electron chi connectivity index (χ4n) is 2.26. The zero-order valence-electron chi connectivity index (χ0n) is 12.4. The molecule has 0 atom stereocenters. The van der Waals surface area contributed by atoms with Gasteiger partial charge in [0, 0.05) is 24.5 Å². The number of hydrogen-bond acceptors (Lipinski definition) is 5. The molecular formula is C13H22N2O3S2. The van der Waals surface area contributed by atoms with Crippen LogP contribution in [0.5, 0.6) is 0 Å². The molecule has 0 saturated carbocycles. The number of rotatable bonds is 4. The van der Waals surface area contributed by atoms with Crippen LogP contribution >= 0.6 is 11.3 Å². The van der Waals surface area contributed by atoms with Crippen molar-refractivity contribution in [3.8, 4) is 0 Å². The molecule has 1 aliphatic heterocycles. The van der Waals surface area contributed by atoms with Gasteiger partial charge in [0.2, 0.25) is 0 Å². The second kappa shape index (κ2) is 5.73. The first-order chi connectivity index (χ1) is 9.26. The van der Waals surface area contributed by atoms with Crippen LogP contribution in [0.1, 0.15) is 24.3 Å². The average Bonchev–Trinajstić information content (AvgIpc) is 2.71. The summed E-state index contributed by atoms with van der Waals surface area (Å²) in [4.78, 5) is 1.07. The number of sulfonamides is 1. The molecule has 1 N–H and O–H groups in total. The zero-order chi connectivity index (χ0) is 15.0. The number of nitrogens with one attached hydrogen (secondary N) is 1. The van der Waals surface area contributed by atoms with Crippen molar-refractivity contribution >= 4 is 21.4 Å². The number of thiophene rings is 1. The maximum Gasteiger partial charge on any atom is 0.252 e. The van der Waals surface area contributed by atoms with Crippen molar-refractivity contribution in [3.63, 3.8) is 0 Å². The highest BCUT2D eigenvalue weighted by Gasteiger charge is 2.35. The first-order valence-corrected chi connectivity index (χ1v) is 8.90. The maximum atomic E-state index is 12.7. The van der Waals surface area contributed by atoms with Gasteiger partial charge in [0.05, 0.1) is 12.2 Å². The van der Waals surface area contributed by atoms with Crippen LogP contribution in [-0.2, 0) is 21.3 Å². The van der Waals surface area contributed by atoms with Crippen LogP contribution in [0.2, 0.25) is 0 Å². The van der Waals surface area contributed by atoms with Crippen molar-refractivity contribution in [1.82, 2.24) is 9.62 Å². The predicted octanol–water partition coefficient (Wildman–Crippen LogP) is 1.58. The van der Waals surface area contributed by atoms with Crippen LogP contribution in [0.3, 0.4) is 0 Å². The third kappa shape index (κ3) is 3.23. The van der Waals surface area contributed by atoms with Gasteiger partial charge in [-0.15, -0.1) is 11.3 Å². The Balaban J connectivity index is 2.28. The molecule has 1 fully saturated rings. The lowest BCUT2D eigenvalue weighted by molar-refractivity contribution is -0.0639. The van der Waals surface area contributed by atoms with Crippen LogP contribution in [0.4, 0.5) is 0 Å². The Bertz CT molecular complexity index is 578. The van der Waals surface area contributed by atoms with Crippen molar-refractivity contribution in [1.29, 1.82) is 0 Å². The summed E-state index contributed by atoms with van der Waals surface area (Å²) in [5.41, 5.74) is 0.598. The first-order valence-electron chi connectivity index (χ1n) is 6.64. The standard InChI is InChI=1S/C13H22N2O3S2/c1-10-7-12(19-11(10)8-14-4)20(16,17)15-5-6-18-13(2,3)9-15/h7,14H,5-6,8-9H2,1-4H3. The van der Waals surface area contributed by atoms with E-state index in [0.29, 0.717) is 30.5 Å². The summed E-state index contributed by atoms with van der Waals surface area (Å²) in [5.74, 6) is 0. The Labute approximate surface area is 125 Å². The molecule has 114 valence electrons. The van der Waals surface area contributed by atoms with Crippen molar-refractivity contribution in [3.05, 3.63) is 16.5 Å². The molecule has 1 aromatic heterocycles. The summed E-state index contributed by atoms with van der Waals surface area (Å²) in [6.45, 7) is 7.74. The maximum absolute atomic E-state index is 12.7. The molecule has 5 nitrogen and oxygen atoms in total. The second-order valence-corrected chi connectivity index (χ2v) is 8.95. The average molecular weight is 318 g/mol. The summed E-state index contributed by atoms with van der Waals surface area (Å²) in [5, 5.41) is 3.06. The van der Waals surface area contributed by atoms with Gasteiger partial charge >= 0.3 is 0 Å². The third-order valence-electron chi connectivity index (χ3n) is 3.32. The Morgan fingerprint density at radius 1 is 1.50 bits per heavy atom. The molecule has 0 unspecified atom stereocenters. The van der Waals surface area contributed by atoms with Crippen molar-refractivity contribution in [2.24, 2.45) is 0 Å². The number of aryl methyl sites for hydroxylation is 1. The molecule has 0 aliphatic carbocycles. The lowest BCUT2D eigenvalue weighted by Crippen LogP contribution is -2.50. The van der Waals surface area contributed by atoms with E-state index in [1.807, 2.05) is 27.8 Å². The lowest BCUT2D eigenvalue weighted by atomic mass is 10.1. The number of ether oxygens (including phenoxy) is 1. The number of hydrogen-bond donors (Lipinski definition) is 1. The molecule has 0 radical (unpaired) electrons. The second-order valence-electron chi connectivity index (χ2n) is 5.65. The van der Waals surface area contributed by atoms with Crippen LogP contribution in [-0.4, -0.2) is 45.1 Å². The summed E-state index contributed by atoms with van der Waals surface area (Å²) in [7, 11) is -1.55. The zero-order valence-corrected chi connectivity index (χ0v) is 14.0.